The number of halogens is 1. The molecule has 25 heavy (non-hydrogen) atoms. The third-order valence-electron chi connectivity index (χ3n) is 5.52. The first kappa shape index (κ1) is 17.1. The van der Waals surface area contributed by atoms with Gasteiger partial charge in [-0.05, 0) is 42.5 Å². The molecular weight excluding hydrogens is 340 g/mol. The number of hydrogen-bond donors (Lipinski definition) is 0. The maximum Gasteiger partial charge on any atom is 0.263 e. The van der Waals surface area contributed by atoms with Gasteiger partial charge in [-0.2, -0.15) is 0 Å². The van der Waals surface area contributed by atoms with Crippen molar-refractivity contribution in [1.29, 1.82) is 0 Å². The number of morpholine rings is 1. The van der Waals surface area contributed by atoms with E-state index in [0.29, 0.717) is 17.4 Å². The third-order valence-corrected chi connectivity index (χ3v) is 5.75. The summed E-state index contributed by atoms with van der Waals surface area (Å²) in [6, 6.07) is 5.57. The van der Waals surface area contributed by atoms with Gasteiger partial charge in [0.05, 0.1) is 13.2 Å². The molecule has 6 heteroatoms. The molecule has 0 saturated carbocycles. The number of benzene rings is 1. The van der Waals surface area contributed by atoms with E-state index in [2.05, 4.69) is 4.90 Å². The fraction of sp³-hybridized carbons (Fsp3) is 0.632. The number of carbonyl (C=O) groups is 1. The van der Waals surface area contributed by atoms with Crippen LogP contribution in [0.5, 0.6) is 5.75 Å². The number of likely N-dealkylation sites (tertiary alicyclic amines) is 1. The maximum absolute atomic E-state index is 12.8. The summed E-state index contributed by atoms with van der Waals surface area (Å²) in [4.78, 5) is 17.3. The van der Waals surface area contributed by atoms with Crippen molar-refractivity contribution in [3.8, 4) is 5.75 Å². The number of amides is 1. The molecule has 1 aromatic rings. The second-order valence-corrected chi connectivity index (χ2v) is 7.68. The van der Waals surface area contributed by atoms with Crippen molar-refractivity contribution < 1.29 is 14.3 Å². The van der Waals surface area contributed by atoms with Crippen LogP contribution >= 0.6 is 11.6 Å². The summed E-state index contributed by atoms with van der Waals surface area (Å²) in [5, 5.41) is 0.694. The van der Waals surface area contributed by atoms with Crippen molar-refractivity contribution in [2.45, 2.75) is 25.4 Å². The van der Waals surface area contributed by atoms with Gasteiger partial charge in [0.2, 0.25) is 0 Å². The van der Waals surface area contributed by atoms with Crippen molar-refractivity contribution in [2.24, 2.45) is 5.92 Å². The number of carbonyl (C=O) groups excluding carboxylic acids is 1. The van der Waals surface area contributed by atoms with E-state index in [9.17, 15) is 4.79 Å². The van der Waals surface area contributed by atoms with E-state index < -0.39 is 0 Å². The van der Waals surface area contributed by atoms with E-state index in [0.717, 1.165) is 70.1 Å². The minimum Gasteiger partial charge on any atom is -0.480 e. The molecule has 1 amide bonds. The molecule has 4 rings (SSSR count). The first-order chi connectivity index (χ1) is 12.2. The summed E-state index contributed by atoms with van der Waals surface area (Å²) in [7, 11) is 0. The minimum absolute atomic E-state index is 0.122. The summed E-state index contributed by atoms with van der Waals surface area (Å²) in [6.07, 6.45) is 2.40. The predicted octanol–water partition coefficient (Wildman–Crippen LogP) is 2.21. The van der Waals surface area contributed by atoms with E-state index in [4.69, 9.17) is 21.1 Å². The number of piperidine rings is 1. The summed E-state index contributed by atoms with van der Waals surface area (Å²) < 4.78 is 11.3. The highest BCUT2D eigenvalue weighted by atomic mass is 35.5. The van der Waals surface area contributed by atoms with Crippen LogP contribution < -0.4 is 4.74 Å². The Balaban J connectivity index is 1.27. The first-order valence-electron chi connectivity index (χ1n) is 9.23. The topological polar surface area (TPSA) is 42.0 Å². The average Bonchev–Trinajstić information content (AvgIpc) is 3.06. The number of ether oxygens (including phenoxy) is 2. The molecule has 0 N–H and O–H groups in total. The Morgan fingerprint density at radius 1 is 1.16 bits per heavy atom. The molecule has 3 aliphatic rings. The minimum atomic E-state index is -0.385. The van der Waals surface area contributed by atoms with Gasteiger partial charge in [-0.1, -0.05) is 11.6 Å². The molecule has 0 aliphatic carbocycles. The molecule has 0 radical (unpaired) electrons. The molecule has 1 unspecified atom stereocenters. The average molecular weight is 365 g/mol. The van der Waals surface area contributed by atoms with Gasteiger partial charge in [0.1, 0.15) is 5.75 Å². The zero-order valence-electron chi connectivity index (χ0n) is 14.5. The number of rotatable bonds is 3. The molecule has 2 fully saturated rings. The Morgan fingerprint density at radius 3 is 2.68 bits per heavy atom. The van der Waals surface area contributed by atoms with Crippen LogP contribution in [0.15, 0.2) is 18.2 Å². The van der Waals surface area contributed by atoms with E-state index in [1.165, 1.54) is 0 Å². The van der Waals surface area contributed by atoms with E-state index in [1.54, 1.807) is 0 Å². The van der Waals surface area contributed by atoms with Crippen molar-refractivity contribution in [3.63, 3.8) is 0 Å². The molecule has 3 heterocycles. The monoisotopic (exact) mass is 364 g/mol. The smallest absolute Gasteiger partial charge is 0.263 e. The quantitative estimate of drug-likeness (QED) is 0.824. The second-order valence-electron chi connectivity index (χ2n) is 7.24. The molecule has 136 valence electrons. The fourth-order valence-corrected chi connectivity index (χ4v) is 4.24. The summed E-state index contributed by atoms with van der Waals surface area (Å²) in [5.74, 6) is 1.60. The first-order valence-corrected chi connectivity index (χ1v) is 9.61. The Kier molecular flexibility index (Phi) is 5.15. The van der Waals surface area contributed by atoms with E-state index in [1.807, 2.05) is 23.1 Å². The van der Waals surface area contributed by atoms with E-state index >= 15 is 0 Å². The van der Waals surface area contributed by atoms with Gasteiger partial charge < -0.3 is 14.4 Å². The normalized spacial score (nSPS) is 24.8. The Bertz CT molecular complexity index is 625. The van der Waals surface area contributed by atoms with Gasteiger partial charge in [0.25, 0.3) is 5.91 Å². The highest BCUT2D eigenvalue weighted by molar-refractivity contribution is 6.30. The number of nitrogens with zero attached hydrogens (tertiary/aromatic N) is 2. The van der Waals surface area contributed by atoms with Crippen molar-refractivity contribution in [2.75, 3.05) is 45.9 Å². The van der Waals surface area contributed by atoms with Crippen LogP contribution in [-0.2, 0) is 16.0 Å². The third kappa shape index (κ3) is 3.94. The van der Waals surface area contributed by atoms with Crippen LogP contribution in [0, 0.1) is 5.92 Å². The van der Waals surface area contributed by atoms with Crippen molar-refractivity contribution >= 4 is 17.5 Å². The molecule has 2 saturated heterocycles. The standard InChI is InChI=1S/C19H25ClN2O3/c20-16-1-2-17-15(11-16)12-18(25-17)19(23)22-5-3-14(4-6-22)13-21-7-9-24-10-8-21/h1-2,11,14,18H,3-10,12-13H2. The zero-order chi connectivity index (χ0) is 17.2. The van der Waals surface area contributed by atoms with Crippen LogP contribution in [0.2, 0.25) is 5.02 Å². The van der Waals surface area contributed by atoms with Gasteiger partial charge in [0, 0.05) is 44.2 Å². The molecule has 1 atom stereocenters. The predicted molar refractivity (Wildman–Crippen MR) is 96.1 cm³/mol. The molecule has 5 nitrogen and oxygen atoms in total. The molecule has 1 aromatic carbocycles. The lowest BCUT2D eigenvalue weighted by molar-refractivity contribution is -0.139. The van der Waals surface area contributed by atoms with Crippen molar-refractivity contribution in [1.82, 2.24) is 9.80 Å². The number of fused-ring (bicyclic) bond motifs is 1. The van der Waals surface area contributed by atoms with E-state index in [-0.39, 0.29) is 12.0 Å². The van der Waals surface area contributed by atoms with Crippen LogP contribution in [-0.4, -0.2) is 67.7 Å². The largest absolute Gasteiger partial charge is 0.480 e. The maximum atomic E-state index is 12.8. The van der Waals surface area contributed by atoms with Gasteiger partial charge in [-0.25, -0.2) is 0 Å². The van der Waals surface area contributed by atoms with Crippen LogP contribution in [0.3, 0.4) is 0 Å². The van der Waals surface area contributed by atoms with Crippen LogP contribution in [0.25, 0.3) is 0 Å². The van der Waals surface area contributed by atoms with Gasteiger partial charge in [0.15, 0.2) is 6.10 Å². The molecular formula is C19H25ClN2O3. The summed E-state index contributed by atoms with van der Waals surface area (Å²) in [5.41, 5.74) is 1.04. The van der Waals surface area contributed by atoms with Crippen LogP contribution in [0.4, 0.5) is 0 Å². The highest BCUT2D eigenvalue weighted by Gasteiger charge is 2.34. The lowest BCUT2D eigenvalue weighted by Gasteiger charge is -2.36. The van der Waals surface area contributed by atoms with Gasteiger partial charge >= 0.3 is 0 Å². The summed E-state index contributed by atoms with van der Waals surface area (Å²) in [6.45, 7) is 6.58. The second kappa shape index (κ2) is 7.52. The van der Waals surface area contributed by atoms with Gasteiger partial charge in [-0.15, -0.1) is 0 Å². The SMILES string of the molecule is O=C(C1Cc2cc(Cl)ccc2O1)N1CCC(CN2CCOCC2)CC1. The van der Waals surface area contributed by atoms with Crippen molar-refractivity contribution in [3.05, 3.63) is 28.8 Å². The Morgan fingerprint density at radius 2 is 1.92 bits per heavy atom. The number of hydrogen-bond acceptors (Lipinski definition) is 4. The molecule has 0 aromatic heterocycles. The zero-order valence-corrected chi connectivity index (χ0v) is 15.2. The van der Waals surface area contributed by atoms with Gasteiger partial charge in [-0.3, -0.25) is 9.69 Å². The van der Waals surface area contributed by atoms with Crippen LogP contribution in [0.1, 0.15) is 18.4 Å². The molecule has 0 spiro atoms. The lowest BCUT2D eigenvalue weighted by Crippen LogP contribution is -2.47. The fourth-order valence-electron chi connectivity index (χ4n) is 4.04. The molecule has 3 aliphatic heterocycles. The highest BCUT2D eigenvalue weighted by Crippen LogP contribution is 2.32. The Labute approximate surface area is 153 Å². The lowest BCUT2D eigenvalue weighted by atomic mass is 9.95. The molecule has 0 bridgehead atoms. The summed E-state index contributed by atoms with van der Waals surface area (Å²) >= 11 is 6.03. The Hall–Kier alpha value is -1.30.